The van der Waals surface area contributed by atoms with E-state index < -0.39 is 6.10 Å². The fraction of sp³-hybridized carbons (Fsp3) is 0.698. The molecule has 0 fully saturated rings. The van der Waals surface area contributed by atoms with Crippen molar-refractivity contribution in [3.63, 3.8) is 0 Å². The minimum Gasteiger partial charge on any atom is -0.462 e. The Labute approximate surface area is 426 Å². The van der Waals surface area contributed by atoms with Gasteiger partial charge in [-0.3, -0.25) is 14.4 Å². The summed E-state index contributed by atoms with van der Waals surface area (Å²) in [6.45, 7) is 6.50. The average molecular weight is 960 g/mol. The second kappa shape index (κ2) is 56.9. The predicted octanol–water partition coefficient (Wildman–Crippen LogP) is 19.3. The van der Waals surface area contributed by atoms with Gasteiger partial charge in [0.2, 0.25) is 0 Å². The Kier molecular flexibility index (Phi) is 53.9. The second-order valence-electron chi connectivity index (χ2n) is 18.8. The van der Waals surface area contributed by atoms with E-state index in [1.54, 1.807) is 0 Å². The number of rotatable bonds is 51. The van der Waals surface area contributed by atoms with E-state index in [2.05, 4.69) is 118 Å². The molecule has 394 valence electrons. The van der Waals surface area contributed by atoms with Gasteiger partial charge in [0.15, 0.2) is 6.10 Å². The van der Waals surface area contributed by atoms with E-state index in [1.165, 1.54) is 141 Å². The Morgan fingerprint density at radius 2 is 0.536 bits per heavy atom. The molecule has 0 N–H and O–H groups in total. The van der Waals surface area contributed by atoms with Gasteiger partial charge in [-0.15, -0.1) is 0 Å². The van der Waals surface area contributed by atoms with Crippen LogP contribution in [0.5, 0.6) is 0 Å². The van der Waals surface area contributed by atoms with Crippen molar-refractivity contribution in [1.82, 2.24) is 0 Å². The summed E-state index contributed by atoms with van der Waals surface area (Å²) in [6.07, 6.45) is 75.5. The monoisotopic (exact) mass is 959 g/mol. The minimum atomic E-state index is -0.821. The van der Waals surface area contributed by atoms with Crippen LogP contribution in [-0.2, 0) is 28.6 Å². The molecule has 0 rings (SSSR count). The molecule has 0 radical (unpaired) electrons. The second-order valence-corrected chi connectivity index (χ2v) is 18.8. The summed E-state index contributed by atoms with van der Waals surface area (Å²) in [4.78, 5) is 38.1. The summed E-state index contributed by atoms with van der Waals surface area (Å²) in [6, 6.07) is 0. The highest BCUT2D eigenvalue weighted by Gasteiger charge is 2.19. The van der Waals surface area contributed by atoms with E-state index in [1.807, 2.05) is 0 Å². The number of hydrogen-bond acceptors (Lipinski definition) is 6. The zero-order valence-electron chi connectivity index (χ0n) is 45.0. The molecule has 0 aliphatic heterocycles. The largest absolute Gasteiger partial charge is 0.462 e. The molecule has 0 aromatic carbocycles. The summed E-state index contributed by atoms with van der Waals surface area (Å²) in [5.74, 6) is -1.02. The molecule has 0 amide bonds. The lowest BCUT2D eigenvalue weighted by Gasteiger charge is -2.18. The van der Waals surface area contributed by atoms with Crippen LogP contribution in [0.25, 0.3) is 0 Å². The first-order chi connectivity index (χ1) is 34.0. The Bertz CT molecular complexity index is 1300. The van der Waals surface area contributed by atoms with Crippen LogP contribution in [0.15, 0.2) is 97.2 Å². The third kappa shape index (κ3) is 55.1. The number of ether oxygens (including phenoxy) is 3. The average Bonchev–Trinajstić information content (AvgIpc) is 3.35. The topological polar surface area (TPSA) is 78.9 Å². The highest BCUT2D eigenvalue weighted by molar-refractivity contribution is 5.71. The van der Waals surface area contributed by atoms with Gasteiger partial charge in [0.05, 0.1) is 0 Å². The quantitative estimate of drug-likeness (QED) is 0.0262. The van der Waals surface area contributed by atoms with Crippen LogP contribution in [0.4, 0.5) is 0 Å². The standard InChI is InChI=1S/C63H106O6/c1-4-7-10-13-16-19-22-25-28-31-34-37-40-43-46-49-52-55-61(64)67-58-60(69-63(66)57-54-51-48-45-42-39-36-33-30-27-24-21-18-15-12-9-6-3)59-68-62(65)56-53-50-47-44-41-38-35-32-29-26-23-20-17-14-11-8-5-2/h16-17,19-20,25-26,28-29,34-35,37-38,43-44,46-47,60H,4-15,18,21-24,27,30-33,36,39-42,45,48-59H2,1-3H3/b19-16-,20-17-,28-25-,29-26-,37-34-,38-35-,46-43-,47-44-. The van der Waals surface area contributed by atoms with Crippen LogP contribution >= 0.6 is 0 Å². The summed E-state index contributed by atoms with van der Waals surface area (Å²) >= 11 is 0. The lowest BCUT2D eigenvalue weighted by molar-refractivity contribution is -0.167. The Morgan fingerprint density at radius 3 is 0.855 bits per heavy atom. The van der Waals surface area contributed by atoms with Gasteiger partial charge in [0.25, 0.3) is 0 Å². The van der Waals surface area contributed by atoms with Gasteiger partial charge in [0.1, 0.15) is 13.2 Å². The molecule has 0 atom stereocenters. The molecule has 0 aromatic heterocycles. The Hall–Kier alpha value is -3.67. The van der Waals surface area contributed by atoms with Crippen molar-refractivity contribution in [2.24, 2.45) is 0 Å². The molecule has 6 heteroatoms. The number of hydrogen-bond donors (Lipinski definition) is 0. The summed E-state index contributed by atoms with van der Waals surface area (Å²) in [7, 11) is 0. The number of unbranched alkanes of at least 4 members (excludes halogenated alkanes) is 24. The number of esters is 3. The van der Waals surface area contributed by atoms with Gasteiger partial charge in [-0.25, -0.2) is 0 Å². The number of carbonyl (C=O) groups excluding carboxylic acids is 3. The van der Waals surface area contributed by atoms with Gasteiger partial charge >= 0.3 is 17.9 Å². The molecule has 6 nitrogen and oxygen atoms in total. The molecule has 0 aliphatic rings. The smallest absolute Gasteiger partial charge is 0.306 e. The fourth-order valence-electron chi connectivity index (χ4n) is 7.72. The van der Waals surface area contributed by atoms with Crippen LogP contribution in [0.2, 0.25) is 0 Å². The maximum absolute atomic E-state index is 12.9. The molecule has 0 aliphatic carbocycles. The van der Waals surface area contributed by atoms with Crippen LogP contribution < -0.4 is 0 Å². The summed E-state index contributed by atoms with van der Waals surface area (Å²) in [5.41, 5.74) is 0. The van der Waals surface area contributed by atoms with Crippen molar-refractivity contribution in [2.75, 3.05) is 13.2 Å². The van der Waals surface area contributed by atoms with Crippen LogP contribution in [0.3, 0.4) is 0 Å². The van der Waals surface area contributed by atoms with Gasteiger partial charge in [-0.1, -0.05) is 246 Å². The third-order valence-corrected chi connectivity index (χ3v) is 12.1. The molecule has 0 bridgehead atoms. The third-order valence-electron chi connectivity index (χ3n) is 12.1. The Morgan fingerprint density at radius 1 is 0.290 bits per heavy atom. The van der Waals surface area contributed by atoms with Crippen LogP contribution in [0.1, 0.15) is 265 Å². The first kappa shape index (κ1) is 65.3. The van der Waals surface area contributed by atoms with E-state index >= 15 is 0 Å². The zero-order chi connectivity index (χ0) is 50.0. The van der Waals surface area contributed by atoms with Crippen molar-refractivity contribution < 1.29 is 28.6 Å². The van der Waals surface area contributed by atoms with E-state index in [0.717, 1.165) is 70.6 Å². The molecule has 0 unspecified atom stereocenters. The fourth-order valence-corrected chi connectivity index (χ4v) is 7.72. The van der Waals surface area contributed by atoms with E-state index in [4.69, 9.17) is 14.2 Å². The zero-order valence-corrected chi connectivity index (χ0v) is 45.0. The van der Waals surface area contributed by atoms with E-state index in [0.29, 0.717) is 19.3 Å². The lowest BCUT2D eigenvalue weighted by atomic mass is 10.0. The predicted molar refractivity (Wildman–Crippen MR) is 297 cm³/mol. The van der Waals surface area contributed by atoms with Gasteiger partial charge in [-0.2, -0.15) is 0 Å². The molecular formula is C63H106O6. The highest BCUT2D eigenvalue weighted by Crippen LogP contribution is 2.15. The first-order valence-electron chi connectivity index (χ1n) is 28.7. The summed E-state index contributed by atoms with van der Waals surface area (Å²) in [5, 5.41) is 0. The maximum atomic E-state index is 12.9. The lowest BCUT2D eigenvalue weighted by Crippen LogP contribution is -2.30. The minimum absolute atomic E-state index is 0.122. The molecule has 0 saturated carbocycles. The highest BCUT2D eigenvalue weighted by atomic mass is 16.6. The molecular weight excluding hydrogens is 853 g/mol. The maximum Gasteiger partial charge on any atom is 0.306 e. The number of allylic oxidation sites excluding steroid dienone is 16. The normalized spacial score (nSPS) is 12.4. The van der Waals surface area contributed by atoms with Crippen LogP contribution in [-0.4, -0.2) is 37.2 Å². The van der Waals surface area contributed by atoms with Gasteiger partial charge in [-0.05, 0) is 96.3 Å². The van der Waals surface area contributed by atoms with E-state index in [-0.39, 0.29) is 44.0 Å². The van der Waals surface area contributed by atoms with Crippen LogP contribution in [0, 0.1) is 0 Å². The Balaban J connectivity index is 4.54. The van der Waals surface area contributed by atoms with Crippen molar-refractivity contribution in [1.29, 1.82) is 0 Å². The SMILES string of the molecule is CCCCC/C=C\C/C=C\C/C=C\C/C=C\CCCC(=O)OCC(COC(=O)CCC/C=C\C/C=C\C/C=C\C/C=C\CCCCC)OC(=O)CCCCCCCCCCCCCCCCCCC. The van der Waals surface area contributed by atoms with Gasteiger partial charge in [0, 0.05) is 19.3 Å². The molecule has 0 heterocycles. The van der Waals surface area contributed by atoms with E-state index in [9.17, 15) is 14.4 Å². The molecule has 0 spiro atoms. The van der Waals surface area contributed by atoms with Crippen molar-refractivity contribution in [2.45, 2.75) is 271 Å². The van der Waals surface area contributed by atoms with Crippen molar-refractivity contribution >= 4 is 17.9 Å². The number of carbonyl (C=O) groups is 3. The first-order valence-corrected chi connectivity index (χ1v) is 28.7. The molecule has 69 heavy (non-hydrogen) atoms. The van der Waals surface area contributed by atoms with Crippen molar-refractivity contribution in [3.05, 3.63) is 97.2 Å². The van der Waals surface area contributed by atoms with Crippen molar-refractivity contribution in [3.8, 4) is 0 Å². The molecule has 0 saturated heterocycles. The molecule has 0 aromatic rings. The van der Waals surface area contributed by atoms with Gasteiger partial charge < -0.3 is 14.2 Å². The summed E-state index contributed by atoms with van der Waals surface area (Å²) < 4.78 is 16.8.